The van der Waals surface area contributed by atoms with Gasteiger partial charge in [0.2, 0.25) is 0 Å². The first-order chi connectivity index (χ1) is 9.22. The minimum atomic E-state index is 0.0860. The summed E-state index contributed by atoms with van der Waals surface area (Å²) in [4.78, 5) is 0. The van der Waals surface area contributed by atoms with Gasteiger partial charge in [0.1, 0.15) is 11.9 Å². The lowest BCUT2D eigenvalue weighted by Gasteiger charge is -2.17. The van der Waals surface area contributed by atoms with Crippen molar-refractivity contribution in [2.45, 2.75) is 18.6 Å². The molecule has 1 aromatic rings. The van der Waals surface area contributed by atoms with Crippen molar-refractivity contribution in [1.29, 1.82) is 0 Å². The molecule has 1 aromatic carbocycles. The molecule has 0 aromatic heterocycles. The van der Waals surface area contributed by atoms with E-state index in [9.17, 15) is 0 Å². The molecule has 0 radical (unpaired) electrons. The molecule has 4 nitrogen and oxygen atoms in total. The van der Waals surface area contributed by atoms with Crippen LogP contribution in [-0.2, 0) is 15.9 Å². The molecule has 0 saturated heterocycles. The number of hydrogen-bond donors (Lipinski definition) is 1. The van der Waals surface area contributed by atoms with Crippen LogP contribution in [0.5, 0.6) is 5.75 Å². The van der Waals surface area contributed by atoms with Crippen LogP contribution in [0.25, 0.3) is 0 Å². The SMILES string of the molecule is COCC(CNCC1Cc2cc(Br)ccc2O1)OC. The van der Waals surface area contributed by atoms with Gasteiger partial charge in [0.15, 0.2) is 0 Å². The molecule has 2 atom stereocenters. The predicted molar refractivity (Wildman–Crippen MR) is 77.8 cm³/mol. The van der Waals surface area contributed by atoms with E-state index in [1.807, 2.05) is 12.1 Å². The molecule has 106 valence electrons. The number of methoxy groups -OCH3 is 2. The first-order valence-corrected chi connectivity index (χ1v) is 7.19. The summed E-state index contributed by atoms with van der Waals surface area (Å²) in [6.07, 6.45) is 1.23. The van der Waals surface area contributed by atoms with Gasteiger partial charge in [-0.15, -0.1) is 0 Å². The lowest BCUT2D eigenvalue weighted by atomic mass is 10.1. The van der Waals surface area contributed by atoms with Gasteiger partial charge in [0.25, 0.3) is 0 Å². The van der Waals surface area contributed by atoms with Gasteiger partial charge in [-0.2, -0.15) is 0 Å². The molecular formula is C14H20BrNO3. The molecular weight excluding hydrogens is 310 g/mol. The lowest BCUT2D eigenvalue weighted by molar-refractivity contribution is 0.0278. The Labute approximate surface area is 122 Å². The summed E-state index contributed by atoms with van der Waals surface area (Å²) in [7, 11) is 3.38. The smallest absolute Gasteiger partial charge is 0.123 e. The van der Waals surface area contributed by atoms with Crippen molar-refractivity contribution in [3.05, 3.63) is 28.2 Å². The number of rotatable bonds is 7. The van der Waals surface area contributed by atoms with Gasteiger partial charge in [0.05, 0.1) is 12.7 Å². The van der Waals surface area contributed by atoms with E-state index in [0.29, 0.717) is 6.61 Å². The molecule has 1 aliphatic rings. The van der Waals surface area contributed by atoms with Crippen molar-refractivity contribution in [2.24, 2.45) is 0 Å². The quantitative estimate of drug-likeness (QED) is 0.830. The fraction of sp³-hybridized carbons (Fsp3) is 0.571. The van der Waals surface area contributed by atoms with E-state index >= 15 is 0 Å². The number of benzene rings is 1. The predicted octanol–water partition coefficient (Wildman–Crippen LogP) is 2.00. The Morgan fingerprint density at radius 3 is 3.05 bits per heavy atom. The molecule has 2 unspecified atom stereocenters. The molecule has 1 heterocycles. The van der Waals surface area contributed by atoms with Crippen LogP contribution in [0, 0.1) is 0 Å². The van der Waals surface area contributed by atoms with Crippen LogP contribution < -0.4 is 10.1 Å². The third kappa shape index (κ3) is 4.18. The van der Waals surface area contributed by atoms with Crippen molar-refractivity contribution in [3.63, 3.8) is 0 Å². The van der Waals surface area contributed by atoms with Gasteiger partial charge in [-0.3, -0.25) is 0 Å². The van der Waals surface area contributed by atoms with Crippen LogP contribution in [0.4, 0.5) is 0 Å². The van der Waals surface area contributed by atoms with Gasteiger partial charge >= 0.3 is 0 Å². The summed E-state index contributed by atoms with van der Waals surface area (Å²) in [6, 6.07) is 6.15. The molecule has 1 N–H and O–H groups in total. The van der Waals surface area contributed by atoms with Gasteiger partial charge in [-0.25, -0.2) is 0 Å². The van der Waals surface area contributed by atoms with Crippen molar-refractivity contribution in [3.8, 4) is 5.75 Å². The minimum Gasteiger partial charge on any atom is -0.488 e. The molecule has 0 amide bonds. The van der Waals surface area contributed by atoms with Gasteiger partial charge in [-0.05, 0) is 23.8 Å². The molecule has 2 rings (SSSR count). The van der Waals surface area contributed by atoms with E-state index in [0.717, 1.165) is 29.7 Å². The second-order valence-corrected chi connectivity index (χ2v) is 5.58. The Bertz CT molecular complexity index is 414. The number of nitrogens with one attached hydrogen (secondary N) is 1. The van der Waals surface area contributed by atoms with Crippen LogP contribution in [0.1, 0.15) is 5.56 Å². The summed E-state index contributed by atoms with van der Waals surface area (Å²) < 4.78 is 17.4. The summed E-state index contributed by atoms with van der Waals surface area (Å²) in [5, 5.41) is 3.37. The van der Waals surface area contributed by atoms with Crippen molar-refractivity contribution < 1.29 is 14.2 Å². The van der Waals surface area contributed by atoms with Gasteiger partial charge < -0.3 is 19.5 Å². The fourth-order valence-electron chi connectivity index (χ4n) is 2.20. The Kier molecular flexibility index (Phi) is 5.63. The highest BCUT2D eigenvalue weighted by atomic mass is 79.9. The van der Waals surface area contributed by atoms with Gasteiger partial charge in [-0.1, -0.05) is 15.9 Å². The Balaban J connectivity index is 1.75. The van der Waals surface area contributed by atoms with Crippen molar-refractivity contribution in [2.75, 3.05) is 33.9 Å². The van der Waals surface area contributed by atoms with E-state index < -0.39 is 0 Å². The average molecular weight is 330 g/mol. The number of halogens is 1. The van der Waals surface area contributed by atoms with E-state index in [1.54, 1.807) is 14.2 Å². The monoisotopic (exact) mass is 329 g/mol. The zero-order valence-corrected chi connectivity index (χ0v) is 12.9. The summed E-state index contributed by atoms with van der Waals surface area (Å²) in [5.74, 6) is 0.996. The molecule has 0 saturated carbocycles. The minimum absolute atomic E-state index is 0.0860. The third-order valence-corrected chi connectivity index (χ3v) is 3.69. The van der Waals surface area contributed by atoms with E-state index in [-0.39, 0.29) is 12.2 Å². The maximum absolute atomic E-state index is 5.88. The Hall–Kier alpha value is -0.620. The van der Waals surface area contributed by atoms with E-state index in [4.69, 9.17) is 14.2 Å². The third-order valence-electron chi connectivity index (χ3n) is 3.19. The number of hydrogen-bond acceptors (Lipinski definition) is 4. The summed E-state index contributed by atoms with van der Waals surface area (Å²) in [6.45, 7) is 2.18. The van der Waals surface area contributed by atoms with Crippen LogP contribution >= 0.6 is 15.9 Å². The second kappa shape index (κ2) is 7.24. The van der Waals surface area contributed by atoms with Crippen molar-refractivity contribution in [1.82, 2.24) is 5.32 Å². The highest BCUT2D eigenvalue weighted by Crippen LogP contribution is 2.30. The average Bonchev–Trinajstić information content (AvgIpc) is 2.79. The molecule has 0 spiro atoms. The maximum Gasteiger partial charge on any atom is 0.123 e. The van der Waals surface area contributed by atoms with Crippen molar-refractivity contribution >= 4 is 15.9 Å². The van der Waals surface area contributed by atoms with E-state index in [2.05, 4.69) is 27.3 Å². The normalized spacial score (nSPS) is 19.0. The fourth-order valence-corrected chi connectivity index (χ4v) is 2.61. The van der Waals surface area contributed by atoms with Crippen LogP contribution in [0.2, 0.25) is 0 Å². The largest absolute Gasteiger partial charge is 0.488 e. The summed E-state index contributed by atoms with van der Waals surface area (Å²) >= 11 is 3.48. The maximum atomic E-state index is 5.88. The van der Waals surface area contributed by atoms with Crippen LogP contribution in [-0.4, -0.2) is 46.1 Å². The zero-order valence-electron chi connectivity index (χ0n) is 11.3. The second-order valence-electron chi connectivity index (χ2n) is 4.67. The highest BCUT2D eigenvalue weighted by molar-refractivity contribution is 9.10. The first-order valence-electron chi connectivity index (χ1n) is 6.40. The highest BCUT2D eigenvalue weighted by Gasteiger charge is 2.22. The van der Waals surface area contributed by atoms with Crippen LogP contribution in [0.15, 0.2) is 22.7 Å². The molecule has 1 aliphatic heterocycles. The molecule has 0 fully saturated rings. The molecule has 0 aliphatic carbocycles. The number of ether oxygens (including phenoxy) is 3. The Morgan fingerprint density at radius 2 is 2.32 bits per heavy atom. The topological polar surface area (TPSA) is 39.7 Å². The van der Waals surface area contributed by atoms with E-state index in [1.165, 1.54) is 5.56 Å². The van der Waals surface area contributed by atoms with Gasteiger partial charge in [0, 0.05) is 38.2 Å². The summed E-state index contributed by atoms with van der Waals surface area (Å²) in [5.41, 5.74) is 1.27. The van der Waals surface area contributed by atoms with Crippen LogP contribution in [0.3, 0.4) is 0 Å². The first kappa shape index (κ1) is 14.8. The number of fused-ring (bicyclic) bond motifs is 1. The molecule has 19 heavy (non-hydrogen) atoms. The zero-order chi connectivity index (χ0) is 13.7. The molecule has 5 heteroatoms. The molecule has 0 bridgehead atoms. The lowest BCUT2D eigenvalue weighted by Crippen LogP contribution is -2.37. The Morgan fingerprint density at radius 1 is 1.47 bits per heavy atom. The standard InChI is InChI=1S/C14H20BrNO3/c1-17-9-13(18-2)8-16-7-12-6-10-5-11(15)3-4-14(10)19-12/h3-5,12-13,16H,6-9H2,1-2H3.